The van der Waals surface area contributed by atoms with Crippen LogP contribution in [0.5, 0.6) is 0 Å². The van der Waals surface area contributed by atoms with Crippen LogP contribution in [0.3, 0.4) is 0 Å². The molecule has 0 aliphatic rings. The van der Waals surface area contributed by atoms with E-state index in [2.05, 4.69) is 10.6 Å². The molecule has 0 bridgehead atoms. The number of benzene rings is 1. The number of hydrogen-bond donors (Lipinski definition) is 2. The molecule has 3 nitrogen and oxygen atoms in total. The fourth-order valence-electron chi connectivity index (χ4n) is 1.14. The number of halogens is 1. The van der Waals surface area contributed by atoms with Gasteiger partial charge in [-0.05, 0) is 31.7 Å². The molecule has 4 heteroatoms. The Morgan fingerprint density at radius 1 is 1.40 bits per heavy atom. The Labute approximate surface area is 88.7 Å². The van der Waals surface area contributed by atoms with Crippen molar-refractivity contribution in [2.24, 2.45) is 0 Å². The molecule has 0 radical (unpaired) electrons. The summed E-state index contributed by atoms with van der Waals surface area (Å²) in [5, 5.41) is 5.58. The van der Waals surface area contributed by atoms with Gasteiger partial charge in [0, 0.05) is 18.7 Å². The Kier molecular flexibility index (Phi) is 4.24. The predicted octanol–water partition coefficient (Wildman–Crippen LogP) is 1.08. The highest BCUT2D eigenvalue weighted by Gasteiger charge is 2.06. The minimum absolute atomic E-state index is 0.246. The van der Waals surface area contributed by atoms with E-state index in [4.69, 9.17) is 0 Å². The second-order valence-electron chi connectivity index (χ2n) is 3.32. The molecule has 0 saturated carbocycles. The maximum absolute atomic E-state index is 13.1. The van der Waals surface area contributed by atoms with Crippen LogP contribution in [0.1, 0.15) is 15.9 Å². The highest BCUT2D eigenvalue weighted by molar-refractivity contribution is 5.94. The molecule has 1 amide bonds. The fraction of sp³-hybridized carbons (Fsp3) is 0.364. The van der Waals surface area contributed by atoms with E-state index >= 15 is 0 Å². The summed E-state index contributed by atoms with van der Waals surface area (Å²) < 4.78 is 13.1. The second kappa shape index (κ2) is 5.46. The Balaban J connectivity index is 2.62. The molecule has 1 aromatic carbocycles. The maximum Gasteiger partial charge on any atom is 0.251 e. The summed E-state index contributed by atoms with van der Waals surface area (Å²) in [6, 6.07) is 4.47. The SMILES string of the molecule is CNCCNC(=O)c1ccc(C)c(F)c1. The zero-order valence-corrected chi connectivity index (χ0v) is 8.93. The quantitative estimate of drug-likeness (QED) is 0.730. The van der Waals surface area contributed by atoms with Gasteiger partial charge in [0.15, 0.2) is 0 Å². The molecule has 2 N–H and O–H groups in total. The molecule has 0 aliphatic heterocycles. The van der Waals surface area contributed by atoms with Crippen molar-refractivity contribution in [1.82, 2.24) is 10.6 Å². The van der Waals surface area contributed by atoms with Crippen LogP contribution in [0.2, 0.25) is 0 Å². The fourth-order valence-corrected chi connectivity index (χ4v) is 1.14. The molecular formula is C11H15FN2O. The average Bonchev–Trinajstić information content (AvgIpc) is 2.22. The van der Waals surface area contributed by atoms with Crippen molar-refractivity contribution in [3.05, 3.63) is 35.1 Å². The summed E-state index contributed by atoms with van der Waals surface area (Å²) in [5.74, 6) is -0.597. The Bertz CT molecular complexity index is 352. The van der Waals surface area contributed by atoms with Gasteiger partial charge in [-0.1, -0.05) is 6.07 Å². The van der Waals surface area contributed by atoms with Crippen LogP contribution in [0.4, 0.5) is 4.39 Å². The van der Waals surface area contributed by atoms with Gasteiger partial charge >= 0.3 is 0 Å². The van der Waals surface area contributed by atoms with Gasteiger partial charge in [-0.2, -0.15) is 0 Å². The standard InChI is InChI=1S/C11H15FN2O/c1-8-3-4-9(7-10(8)12)11(15)14-6-5-13-2/h3-4,7,13H,5-6H2,1-2H3,(H,14,15). The third kappa shape index (κ3) is 3.32. The minimum Gasteiger partial charge on any atom is -0.351 e. The molecular weight excluding hydrogens is 195 g/mol. The molecule has 0 aliphatic carbocycles. The van der Waals surface area contributed by atoms with E-state index in [0.717, 1.165) is 0 Å². The Morgan fingerprint density at radius 2 is 2.13 bits per heavy atom. The molecule has 1 aromatic rings. The van der Waals surface area contributed by atoms with Gasteiger partial charge in [-0.3, -0.25) is 4.79 Å². The van der Waals surface area contributed by atoms with Crippen molar-refractivity contribution in [2.45, 2.75) is 6.92 Å². The van der Waals surface area contributed by atoms with Crippen molar-refractivity contribution in [2.75, 3.05) is 20.1 Å². The topological polar surface area (TPSA) is 41.1 Å². The predicted molar refractivity (Wildman–Crippen MR) is 57.4 cm³/mol. The van der Waals surface area contributed by atoms with Gasteiger partial charge < -0.3 is 10.6 Å². The first-order valence-corrected chi connectivity index (χ1v) is 4.84. The van der Waals surface area contributed by atoms with Crippen LogP contribution in [0, 0.1) is 12.7 Å². The molecule has 82 valence electrons. The number of nitrogens with one attached hydrogen (secondary N) is 2. The lowest BCUT2D eigenvalue weighted by Gasteiger charge is -2.05. The van der Waals surface area contributed by atoms with Crippen molar-refractivity contribution >= 4 is 5.91 Å². The summed E-state index contributed by atoms with van der Waals surface area (Å²) in [6.07, 6.45) is 0. The molecule has 1 rings (SSSR count). The van der Waals surface area contributed by atoms with Crippen LogP contribution in [0.25, 0.3) is 0 Å². The zero-order valence-electron chi connectivity index (χ0n) is 8.93. The average molecular weight is 210 g/mol. The van der Waals surface area contributed by atoms with Gasteiger partial charge in [-0.15, -0.1) is 0 Å². The first kappa shape index (κ1) is 11.7. The number of carbonyl (C=O) groups is 1. The van der Waals surface area contributed by atoms with Gasteiger partial charge in [0.1, 0.15) is 5.82 Å². The summed E-state index contributed by atoms with van der Waals surface area (Å²) in [5.41, 5.74) is 0.899. The third-order valence-electron chi connectivity index (χ3n) is 2.09. The number of rotatable bonds is 4. The molecule has 0 heterocycles. The van der Waals surface area contributed by atoms with Crippen LogP contribution in [-0.2, 0) is 0 Å². The van der Waals surface area contributed by atoms with Gasteiger partial charge in [0.2, 0.25) is 0 Å². The number of aryl methyl sites for hydroxylation is 1. The first-order valence-electron chi connectivity index (χ1n) is 4.84. The normalized spacial score (nSPS) is 10.1. The summed E-state index contributed by atoms with van der Waals surface area (Å²) in [6.45, 7) is 2.89. The van der Waals surface area contributed by atoms with E-state index in [-0.39, 0.29) is 11.7 Å². The van der Waals surface area contributed by atoms with E-state index in [1.165, 1.54) is 6.07 Å². The van der Waals surface area contributed by atoms with Crippen molar-refractivity contribution in [1.29, 1.82) is 0 Å². The molecule has 0 unspecified atom stereocenters. The van der Waals surface area contributed by atoms with E-state index < -0.39 is 0 Å². The second-order valence-corrected chi connectivity index (χ2v) is 3.32. The largest absolute Gasteiger partial charge is 0.351 e. The summed E-state index contributed by atoms with van der Waals surface area (Å²) in [4.78, 5) is 11.5. The summed E-state index contributed by atoms with van der Waals surface area (Å²) >= 11 is 0. The van der Waals surface area contributed by atoms with Crippen molar-refractivity contribution < 1.29 is 9.18 Å². The minimum atomic E-state index is -0.351. The number of hydrogen-bond acceptors (Lipinski definition) is 2. The lowest BCUT2D eigenvalue weighted by atomic mass is 10.1. The number of carbonyl (C=O) groups excluding carboxylic acids is 1. The molecule has 0 spiro atoms. The lowest BCUT2D eigenvalue weighted by molar-refractivity contribution is 0.0953. The highest BCUT2D eigenvalue weighted by Crippen LogP contribution is 2.08. The van der Waals surface area contributed by atoms with E-state index in [1.54, 1.807) is 26.1 Å². The third-order valence-corrected chi connectivity index (χ3v) is 2.09. The molecule has 0 saturated heterocycles. The van der Waals surface area contributed by atoms with Crippen LogP contribution in [0.15, 0.2) is 18.2 Å². The molecule has 15 heavy (non-hydrogen) atoms. The molecule has 0 fully saturated rings. The van der Waals surface area contributed by atoms with Gasteiger partial charge in [0.05, 0.1) is 0 Å². The van der Waals surface area contributed by atoms with Crippen molar-refractivity contribution in [3.63, 3.8) is 0 Å². The first-order chi connectivity index (χ1) is 7.15. The van der Waals surface area contributed by atoms with Crippen LogP contribution < -0.4 is 10.6 Å². The van der Waals surface area contributed by atoms with E-state index in [0.29, 0.717) is 24.2 Å². The van der Waals surface area contributed by atoms with Crippen molar-refractivity contribution in [3.8, 4) is 0 Å². The number of amides is 1. The smallest absolute Gasteiger partial charge is 0.251 e. The van der Waals surface area contributed by atoms with Crippen LogP contribution >= 0.6 is 0 Å². The summed E-state index contributed by atoms with van der Waals surface area (Å²) in [7, 11) is 1.80. The Hall–Kier alpha value is -1.42. The Morgan fingerprint density at radius 3 is 2.73 bits per heavy atom. The monoisotopic (exact) mass is 210 g/mol. The van der Waals surface area contributed by atoms with Crippen LogP contribution in [-0.4, -0.2) is 26.0 Å². The zero-order chi connectivity index (χ0) is 11.3. The van der Waals surface area contributed by atoms with Gasteiger partial charge in [-0.25, -0.2) is 4.39 Å². The molecule has 0 atom stereocenters. The van der Waals surface area contributed by atoms with E-state index in [9.17, 15) is 9.18 Å². The maximum atomic E-state index is 13.1. The highest BCUT2D eigenvalue weighted by atomic mass is 19.1. The van der Waals surface area contributed by atoms with Gasteiger partial charge in [0.25, 0.3) is 5.91 Å². The number of likely N-dealkylation sites (N-methyl/N-ethyl adjacent to an activating group) is 1. The molecule has 0 aromatic heterocycles. The lowest BCUT2D eigenvalue weighted by Crippen LogP contribution is -2.30. The van der Waals surface area contributed by atoms with E-state index in [1.807, 2.05) is 0 Å².